The fourth-order valence-corrected chi connectivity index (χ4v) is 2.92. The highest BCUT2D eigenvalue weighted by molar-refractivity contribution is 7.80. The maximum Gasteiger partial charge on any atom is 0.326 e. The number of nitrogens with two attached hydrogens (primary N) is 1. The zero-order valence-corrected chi connectivity index (χ0v) is 19.1. The Morgan fingerprint density at radius 3 is 1.81 bits per heavy atom. The van der Waals surface area contributed by atoms with Gasteiger partial charge in [-0.3, -0.25) is 19.2 Å². The minimum absolute atomic E-state index is 0.0943. The van der Waals surface area contributed by atoms with Crippen molar-refractivity contribution in [2.45, 2.75) is 71.1 Å². The van der Waals surface area contributed by atoms with Crippen LogP contribution in [0.1, 0.15) is 47.0 Å². The summed E-state index contributed by atoms with van der Waals surface area (Å²) in [4.78, 5) is 59.6. The van der Waals surface area contributed by atoms with Crippen LogP contribution in [0.2, 0.25) is 0 Å². The summed E-state index contributed by atoms with van der Waals surface area (Å²) < 4.78 is 0. The summed E-state index contributed by atoms with van der Waals surface area (Å²) in [5.41, 5.74) is 5.81. The highest BCUT2D eigenvalue weighted by Gasteiger charge is 2.31. The van der Waals surface area contributed by atoms with E-state index in [0.717, 1.165) is 0 Å². The van der Waals surface area contributed by atoms with Crippen molar-refractivity contribution < 1.29 is 34.2 Å². The summed E-state index contributed by atoms with van der Waals surface area (Å²) in [6.07, 6.45) is -0.297. The fourth-order valence-electron chi connectivity index (χ4n) is 2.66. The first-order chi connectivity index (χ1) is 14.3. The molecule has 12 heteroatoms. The Morgan fingerprint density at radius 2 is 1.39 bits per heavy atom. The molecule has 178 valence electrons. The number of carboxylic acids is 2. The molecule has 0 spiro atoms. The van der Waals surface area contributed by atoms with E-state index in [1.807, 2.05) is 13.8 Å². The van der Waals surface area contributed by atoms with Gasteiger partial charge in [0.05, 0.1) is 6.04 Å². The minimum Gasteiger partial charge on any atom is -0.481 e. The van der Waals surface area contributed by atoms with E-state index >= 15 is 0 Å². The molecule has 0 aromatic carbocycles. The second kappa shape index (κ2) is 13.9. The molecule has 3 amide bonds. The predicted octanol–water partition coefficient (Wildman–Crippen LogP) is -0.651. The molecule has 11 nitrogen and oxygen atoms in total. The van der Waals surface area contributed by atoms with Crippen molar-refractivity contribution in [1.82, 2.24) is 16.0 Å². The molecule has 0 heterocycles. The quantitative estimate of drug-likeness (QED) is 0.166. The number of aliphatic carboxylic acids is 2. The number of hydrogen-bond acceptors (Lipinski definition) is 7. The summed E-state index contributed by atoms with van der Waals surface area (Å²) in [6, 6.07) is -4.47. The average molecular weight is 463 g/mol. The fraction of sp³-hybridized carbons (Fsp3) is 0.737. The maximum atomic E-state index is 12.6. The van der Waals surface area contributed by atoms with E-state index in [9.17, 15) is 29.1 Å². The molecule has 0 aliphatic heterocycles. The van der Waals surface area contributed by atoms with Crippen LogP contribution in [-0.4, -0.2) is 69.8 Å². The topological polar surface area (TPSA) is 188 Å². The molecule has 7 N–H and O–H groups in total. The van der Waals surface area contributed by atoms with E-state index in [0.29, 0.717) is 6.42 Å². The second-order valence-electron chi connectivity index (χ2n) is 8.04. The van der Waals surface area contributed by atoms with Crippen LogP contribution < -0.4 is 21.7 Å². The molecule has 4 unspecified atom stereocenters. The Balaban J connectivity index is 5.31. The van der Waals surface area contributed by atoms with Gasteiger partial charge in [0, 0.05) is 12.2 Å². The zero-order chi connectivity index (χ0) is 24.3. The van der Waals surface area contributed by atoms with Crippen LogP contribution in [0.4, 0.5) is 0 Å². The van der Waals surface area contributed by atoms with Crippen molar-refractivity contribution in [2.75, 3.05) is 5.75 Å². The van der Waals surface area contributed by atoms with Crippen molar-refractivity contribution in [3.63, 3.8) is 0 Å². The Kier molecular flexibility index (Phi) is 12.8. The van der Waals surface area contributed by atoms with Gasteiger partial charge in [0.15, 0.2) is 0 Å². The molecule has 0 aliphatic rings. The van der Waals surface area contributed by atoms with Crippen molar-refractivity contribution in [3.8, 4) is 0 Å². The summed E-state index contributed by atoms with van der Waals surface area (Å²) in [5, 5.41) is 25.3. The first-order valence-corrected chi connectivity index (χ1v) is 10.6. The van der Waals surface area contributed by atoms with Gasteiger partial charge in [0.2, 0.25) is 17.7 Å². The van der Waals surface area contributed by atoms with Gasteiger partial charge in [-0.25, -0.2) is 4.79 Å². The Labute approximate surface area is 187 Å². The van der Waals surface area contributed by atoms with Crippen LogP contribution in [0, 0.1) is 11.8 Å². The van der Waals surface area contributed by atoms with E-state index in [1.165, 1.54) is 0 Å². The SMILES string of the molecule is CC(C)CC(N)C(=O)NC(CS)C(=O)NC(CCC(=O)O)C(=O)NC(C(=O)O)C(C)C. The molecular weight excluding hydrogens is 428 g/mol. The van der Waals surface area contributed by atoms with Gasteiger partial charge in [-0.2, -0.15) is 12.6 Å². The highest BCUT2D eigenvalue weighted by Crippen LogP contribution is 2.06. The van der Waals surface area contributed by atoms with Gasteiger partial charge >= 0.3 is 11.9 Å². The highest BCUT2D eigenvalue weighted by atomic mass is 32.1. The first-order valence-electron chi connectivity index (χ1n) is 10.0. The van der Waals surface area contributed by atoms with E-state index < -0.39 is 66.2 Å². The lowest BCUT2D eigenvalue weighted by atomic mass is 10.0. The average Bonchev–Trinajstić information content (AvgIpc) is 2.65. The van der Waals surface area contributed by atoms with E-state index in [-0.39, 0.29) is 18.1 Å². The number of amides is 3. The molecule has 31 heavy (non-hydrogen) atoms. The molecular formula is C19H34N4O7S. The standard InChI is InChI=1S/C19H34N4O7S/c1-9(2)7-11(20)16(26)22-13(8-31)18(28)21-12(5-6-14(24)25)17(27)23-15(10(3)4)19(29)30/h9-13,15,31H,5-8,20H2,1-4H3,(H,21,28)(H,22,26)(H,23,27)(H,24,25)(H,29,30). The molecule has 0 rings (SSSR count). The number of thiol groups is 1. The van der Waals surface area contributed by atoms with Gasteiger partial charge in [0.1, 0.15) is 18.1 Å². The van der Waals surface area contributed by atoms with E-state index in [2.05, 4.69) is 28.6 Å². The molecule has 0 aliphatic carbocycles. The van der Waals surface area contributed by atoms with Crippen molar-refractivity contribution in [2.24, 2.45) is 17.6 Å². The lowest BCUT2D eigenvalue weighted by molar-refractivity contribution is -0.144. The third-order valence-corrected chi connectivity index (χ3v) is 4.75. The molecule has 0 radical (unpaired) electrons. The van der Waals surface area contributed by atoms with Crippen molar-refractivity contribution >= 4 is 42.3 Å². The second-order valence-corrected chi connectivity index (χ2v) is 8.41. The zero-order valence-electron chi connectivity index (χ0n) is 18.3. The lowest BCUT2D eigenvalue weighted by Crippen LogP contribution is -2.58. The number of carbonyl (C=O) groups excluding carboxylic acids is 3. The maximum absolute atomic E-state index is 12.6. The number of nitrogens with one attached hydrogen (secondary N) is 3. The molecule has 0 bridgehead atoms. The molecule has 0 fully saturated rings. The number of hydrogen-bond donors (Lipinski definition) is 7. The summed E-state index contributed by atoms with van der Waals surface area (Å²) in [5.74, 6) is -4.97. The van der Waals surface area contributed by atoms with Crippen molar-refractivity contribution in [3.05, 3.63) is 0 Å². The smallest absolute Gasteiger partial charge is 0.326 e. The van der Waals surface area contributed by atoms with Crippen LogP contribution in [0.25, 0.3) is 0 Å². The number of carboxylic acid groups (broad SMARTS) is 2. The van der Waals surface area contributed by atoms with E-state index in [1.54, 1.807) is 13.8 Å². The molecule has 4 atom stereocenters. The molecule has 0 saturated carbocycles. The van der Waals surface area contributed by atoms with Gasteiger partial charge in [-0.15, -0.1) is 0 Å². The largest absolute Gasteiger partial charge is 0.481 e. The Bertz CT molecular complexity index is 657. The van der Waals surface area contributed by atoms with Gasteiger partial charge in [0.25, 0.3) is 0 Å². The summed E-state index contributed by atoms with van der Waals surface area (Å²) in [6.45, 7) is 6.97. The monoisotopic (exact) mass is 462 g/mol. The summed E-state index contributed by atoms with van der Waals surface area (Å²) in [7, 11) is 0. The Hall–Kier alpha value is -2.34. The van der Waals surface area contributed by atoms with Gasteiger partial charge < -0.3 is 31.9 Å². The third kappa shape index (κ3) is 11.0. The number of rotatable bonds is 14. The van der Waals surface area contributed by atoms with Crippen LogP contribution >= 0.6 is 12.6 Å². The molecule has 0 aromatic rings. The minimum atomic E-state index is -1.31. The lowest BCUT2D eigenvalue weighted by Gasteiger charge is -2.25. The summed E-state index contributed by atoms with van der Waals surface area (Å²) >= 11 is 4.05. The van der Waals surface area contributed by atoms with Crippen LogP contribution in [0.5, 0.6) is 0 Å². The Morgan fingerprint density at radius 1 is 0.871 bits per heavy atom. The predicted molar refractivity (Wildman–Crippen MR) is 116 cm³/mol. The first kappa shape index (κ1) is 28.7. The molecule has 0 saturated heterocycles. The van der Waals surface area contributed by atoms with Crippen molar-refractivity contribution in [1.29, 1.82) is 0 Å². The molecule has 0 aromatic heterocycles. The van der Waals surface area contributed by atoms with E-state index in [4.69, 9.17) is 10.8 Å². The van der Waals surface area contributed by atoms with Crippen LogP contribution in [0.3, 0.4) is 0 Å². The third-order valence-electron chi connectivity index (χ3n) is 4.39. The van der Waals surface area contributed by atoms with Gasteiger partial charge in [-0.05, 0) is 24.7 Å². The normalized spacial score (nSPS) is 15.0. The van der Waals surface area contributed by atoms with Crippen LogP contribution in [0.15, 0.2) is 0 Å². The van der Waals surface area contributed by atoms with Crippen LogP contribution in [-0.2, 0) is 24.0 Å². The number of carbonyl (C=O) groups is 5. The van der Waals surface area contributed by atoms with Gasteiger partial charge in [-0.1, -0.05) is 27.7 Å².